The molecular formula is C86H98ClF4N35O4. The molecule has 20 rings (SSSR count). The summed E-state index contributed by atoms with van der Waals surface area (Å²) in [6.07, 6.45) is 38.8. The molecule has 130 heavy (non-hydrogen) atoms. The van der Waals surface area contributed by atoms with Crippen LogP contribution in [0.25, 0.3) is 23.4 Å². The lowest BCUT2D eigenvalue weighted by Crippen LogP contribution is -2.55. The van der Waals surface area contributed by atoms with Gasteiger partial charge >= 0.3 is 0 Å². The number of hydrogen-bond acceptors (Lipinski definition) is 31. The standard InChI is InChI=1S/C23H27FN8O.C22H26FN9O.C21H24FN9O.C20H21ClFN9O/c1-3-16-10-26-22(27-11-16)30-8-6-20(19(24)14-30)32(18-4-5-18)21(33)17-12-28-23(29-13-17)31-9-7-25-15(31)2;1-3-15-8-26-22(27-9-15)30-7-6-19(17(23)12-30)32(16-4-5-16)21(33)18-10-25-20(11-24-18)31-13-28-14(2)29-31;1-2-14-7-26-21(27-8-14)29-6-5-18(16(22)11-29)31(15-3-4-15)20(32)17-9-25-19(10-24-17)30-13-23-12-28-30;1-12-26-27-28-31(12)18-5-2-13(8-23-18)19(32)30(15-3-4-15)17-6-7-29(11-16(17)22)20-24-9-14(21)10-25-20/h7,9-13,18-20H,3-6,8,14H2,1-2H3;8-11,13,16-17,19H,3-7,12H2,1-2H3;7-10,12-13,15-16,18H,2-6,11H2,1H3;2,5,8-10,15-17H,3-4,6-7,11H2,1H3/t19-,20+;17-,19+;16-,18+;16-,17+/m0000/s1. The molecule has 0 bridgehead atoms. The van der Waals surface area contributed by atoms with Crippen LogP contribution in [0.2, 0.25) is 5.02 Å². The number of nitrogens with zero attached hydrogens (tertiary/aromatic N) is 35. The van der Waals surface area contributed by atoms with Gasteiger partial charge in [0.15, 0.2) is 23.3 Å². The predicted octanol–water partition coefficient (Wildman–Crippen LogP) is 8.15. The van der Waals surface area contributed by atoms with Gasteiger partial charge in [-0.1, -0.05) is 32.4 Å². The van der Waals surface area contributed by atoms with E-state index in [2.05, 4.69) is 115 Å². The molecule has 4 saturated carbocycles. The van der Waals surface area contributed by atoms with E-state index in [1.165, 1.54) is 82.5 Å². The number of carbonyl (C=O) groups is 4. The molecule has 39 nitrogen and oxygen atoms in total. The second-order valence-electron chi connectivity index (χ2n) is 33.2. The Hall–Kier alpha value is -13.6. The number of pyridine rings is 1. The Morgan fingerprint density at radius 3 is 1.12 bits per heavy atom. The number of hydrogen-bond donors (Lipinski definition) is 0. The summed E-state index contributed by atoms with van der Waals surface area (Å²) in [6.45, 7) is 14.5. The van der Waals surface area contributed by atoms with Crippen molar-refractivity contribution in [3.63, 3.8) is 0 Å². The van der Waals surface area contributed by atoms with Crippen LogP contribution in [0.3, 0.4) is 0 Å². The first kappa shape index (κ1) is 88.4. The molecule has 44 heteroatoms. The molecular weight excluding hydrogens is 1700 g/mol. The van der Waals surface area contributed by atoms with Crippen LogP contribution < -0.4 is 19.6 Å². The van der Waals surface area contributed by atoms with Crippen LogP contribution in [0, 0.1) is 20.8 Å². The fourth-order valence-electron chi connectivity index (χ4n) is 16.5. The number of aryl methyl sites for hydroxylation is 6. The number of aromatic nitrogens is 27. The van der Waals surface area contributed by atoms with Crippen molar-refractivity contribution < 1.29 is 36.7 Å². The molecule has 12 aromatic heterocycles. The minimum Gasteiger partial charge on any atom is -0.338 e. The average Bonchev–Trinajstić information content (AvgIpc) is 1.64. The van der Waals surface area contributed by atoms with Gasteiger partial charge in [0.1, 0.15) is 66.7 Å². The Morgan fingerprint density at radius 1 is 0.400 bits per heavy atom. The van der Waals surface area contributed by atoms with Gasteiger partial charge in [0.2, 0.25) is 29.7 Å². The van der Waals surface area contributed by atoms with Crippen molar-refractivity contribution in [2.24, 2.45) is 0 Å². The number of rotatable bonds is 23. The molecule has 8 fully saturated rings. The summed E-state index contributed by atoms with van der Waals surface area (Å²) in [4.78, 5) is 144. The minimum atomic E-state index is -1.22. The molecule has 4 saturated heterocycles. The topological polar surface area (TPSA) is 410 Å². The van der Waals surface area contributed by atoms with Crippen LogP contribution in [-0.4, -0.2) is 303 Å². The Bertz CT molecular complexity index is 5800. The Labute approximate surface area is 750 Å². The molecule has 16 heterocycles. The third kappa shape index (κ3) is 20.4. The second kappa shape index (κ2) is 39.5. The van der Waals surface area contributed by atoms with Crippen LogP contribution in [-0.2, 0) is 19.3 Å². The zero-order chi connectivity index (χ0) is 90.2. The van der Waals surface area contributed by atoms with Gasteiger partial charge in [-0.05, 0) is 156 Å². The van der Waals surface area contributed by atoms with Gasteiger partial charge in [-0.25, -0.2) is 117 Å². The summed E-state index contributed by atoms with van der Waals surface area (Å²) in [5.41, 5.74) is 4.33. The summed E-state index contributed by atoms with van der Waals surface area (Å²) < 4.78 is 67.6. The zero-order valence-corrected chi connectivity index (χ0v) is 73.3. The van der Waals surface area contributed by atoms with E-state index in [4.69, 9.17) is 11.6 Å². The Kier molecular flexibility index (Phi) is 26.9. The lowest BCUT2D eigenvalue weighted by molar-refractivity contribution is 0.0475. The number of anilines is 4. The quantitative estimate of drug-likeness (QED) is 0.0545. The van der Waals surface area contributed by atoms with E-state index in [1.807, 2.05) is 42.4 Å². The second-order valence-corrected chi connectivity index (χ2v) is 33.7. The average molecular weight is 1800 g/mol. The molecule has 0 spiro atoms. The largest absolute Gasteiger partial charge is 0.338 e. The number of imidazole rings is 1. The Balaban J connectivity index is 0.000000121. The predicted molar refractivity (Wildman–Crippen MR) is 464 cm³/mol. The van der Waals surface area contributed by atoms with E-state index >= 15 is 17.6 Å². The molecule has 8 aliphatic rings. The highest BCUT2D eigenvalue weighted by molar-refractivity contribution is 6.30. The molecule has 12 aromatic rings. The van der Waals surface area contributed by atoms with Crippen molar-refractivity contribution >= 4 is 59.0 Å². The van der Waals surface area contributed by atoms with Crippen LogP contribution in [0.5, 0.6) is 0 Å². The summed E-state index contributed by atoms with van der Waals surface area (Å²) in [5.74, 6) is 4.92. The highest BCUT2D eigenvalue weighted by Gasteiger charge is 2.49. The summed E-state index contributed by atoms with van der Waals surface area (Å²) in [7, 11) is 0. The number of halogens is 5. The number of tetrazole rings is 1. The van der Waals surface area contributed by atoms with Crippen molar-refractivity contribution in [2.45, 2.75) is 211 Å². The molecule has 4 aliphatic carbocycles. The number of alkyl halides is 4. The maximum atomic E-state index is 15.4. The van der Waals surface area contributed by atoms with E-state index < -0.39 is 48.9 Å². The zero-order valence-electron chi connectivity index (χ0n) is 72.6. The van der Waals surface area contributed by atoms with Gasteiger partial charge in [-0.15, -0.1) is 5.10 Å². The van der Waals surface area contributed by atoms with E-state index in [0.717, 1.165) is 93.1 Å². The van der Waals surface area contributed by atoms with Crippen molar-refractivity contribution in [1.29, 1.82) is 0 Å². The van der Waals surface area contributed by atoms with Crippen LogP contribution in [0.1, 0.15) is 174 Å². The lowest BCUT2D eigenvalue weighted by Gasteiger charge is -2.41. The van der Waals surface area contributed by atoms with Gasteiger partial charge in [0, 0.05) is 119 Å². The smallest absolute Gasteiger partial charge is 0.274 e. The molecule has 4 aliphatic heterocycles. The van der Waals surface area contributed by atoms with Crippen LogP contribution in [0.15, 0.2) is 136 Å². The summed E-state index contributed by atoms with van der Waals surface area (Å²) >= 11 is 5.85. The number of amides is 4. The molecule has 0 aromatic carbocycles. The first-order chi connectivity index (χ1) is 63.2. The molecule has 4 amide bonds. The Morgan fingerprint density at radius 2 is 0.792 bits per heavy atom. The first-order valence-electron chi connectivity index (χ1n) is 43.9. The highest BCUT2D eigenvalue weighted by Crippen LogP contribution is 2.40. The maximum Gasteiger partial charge on any atom is 0.274 e. The molecule has 0 radical (unpaired) electrons. The summed E-state index contributed by atoms with van der Waals surface area (Å²) in [6, 6.07) is 1.62. The van der Waals surface area contributed by atoms with E-state index in [0.29, 0.717) is 127 Å². The fraction of sp³-hybridized carbons (Fsp3) is 0.477. The third-order valence-electron chi connectivity index (χ3n) is 24.2. The third-order valence-corrected chi connectivity index (χ3v) is 24.4. The fourth-order valence-corrected chi connectivity index (χ4v) is 16.6. The van der Waals surface area contributed by atoms with E-state index in [-0.39, 0.29) is 85.4 Å². The minimum absolute atomic E-state index is 0.0480. The molecule has 0 N–H and O–H groups in total. The molecule has 8 atom stereocenters. The maximum absolute atomic E-state index is 15.4. The van der Waals surface area contributed by atoms with E-state index in [1.54, 1.807) is 111 Å². The lowest BCUT2D eigenvalue weighted by atomic mass is 10.00. The van der Waals surface area contributed by atoms with Gasteiger partial charge in [-0.3, -0.25) is 23.7 Å². The SMILES string of the molecule is CCc1cnc(N2CC[C@@H](N(C(=O)c3cnc(-n4ccnc4C)nc3)C3CC3)[C@@H](F)C2)nc1.CCc1cnc(N2CC[C@@H](N(C(=O)c3cnc(-n4cnc(C)n4)cn3)C3CC3)[C@@H](F)C2)nc1.CCc1cnc(N2CC[C@@H](N(C(=O)c3cnc(-n4cncn4)cn3)C3CC3)[C@@H](F)C2)nc1.Cc1nnnn1-c1ccc(C(=O)N(C2CC2)[C@@H]2CCN(c3ncc(Cl)cn3)C[C@@H]2F)cn1. The number of carbonyl (C=O) groups excluding carboxylic acids is 4. The monoisotopic (exact) mass is 1800 g/mol. The normalized spacial score (nSPS) is 20.8. The molecule has 0 unspecified atom stereocenters. The van der Waals surface area contributed by atoms with Crippen LogP contribution >= 0.6 is 11.6 Å². The van der Waals surface area contributed by atoms with Gasteiger partial charge in [-0.2, -0.15) is 14.9 Å². The van der Waals surface area contributed by atoms with Gasteiger partial charge < -0.3 is 39.2 Å². The van der Waals surface area contributed by atoms with Crippen molar-refractivity contribution in [3.05, 3.63) is 198 Å². The first-order valence-corrected chi connectivity index (χ1v) is 44.3. The number of piperidine rings is 4. The molecule has 676 valence electrons. The highest BCUT2D eigenvalue weighted by atomic mass is 35.5. The van der Waals surface area contributed by atoms with Crippen molar-refractivity contribution in [1.82, 2.24) is 154 Å². The van der Waals surface area contributed by atoms with Gasteiger partial charge in [0.05, 0.1) is 104 Å². The van der Waals surface area contributed by atoms with Crippen molar-refractivity contribution in [3.8, 4) is 23.4 Å². The van der Waals surface area contributed by atoms with Crippen molar-refractivity contribution in [2.75, 3.05) is 72.0 Å². The van der Waals surface area contributed by atoms with E-state index in [9.17, 15) is 19.2 Å². The van der Waals surface area contributed by atoms with Crippen LogP contribution in [0.4, 0.5) is 41.4 Å². The van der Waals surface area contributed by atoms with Gasteiger partial charge in [0.25, 0.3) is 23.6 Å². The summed E-state index contributed by atoms with van der Waals surface area (Å²) in [5, 5.41) is 20.0.